The van der Waals surface area contributed by atoms with Gasteiger partial charge < -0.3 is 36.4 Å². The number of β-amino-alcohol motifs (C(OH)–C–C–N with tert-alkyl or cyclic N) is 1. The average Bonchev–Trinajstić information content (AvgIpc) is 3.24. The molecule has 2 atom stereocenters. The number of nitrogens with two attached hydrogens (primary N) is 1. The van der Waals surface area contributed by atoms with Gasteiger partial charge in [0.2, 0.25) is 0 Å². The molecule has 6 N–H and O–H groups in total. The molecule has 2 fully saturated rings. The Labute approximate surface area is 227 Å². The molecule has 2 heterocycles. The summed E-state index contributed by atoms with van der Waals surface area (Å²) in [5.41, 5.74) is 7.38. The largest absolute Gasteiger partial charge is 0.490 e. The first-order valence-corrected chi connectivity index (χ1v) is 12.4. The number of carbonyl (C=O) groups excluding carboxylic acids is 2. The number of hydrogen-bond donors (Lipinski definition) is 5. The van der Waals surface area contributed by atoms with E-state index in [0.29, 0.717) is 42.5 Å². The summed E-state index contributed by atoms with van der Waals surface area (Å²) in [7, 11) is 0. The lowest BCUT2D eigenvalue weighted by Gasteiger charge is -2.34. The monoisotopic (exact) mass is 571 g/mol. The Morgan fingerprint density at radius 2 is 1.59 bits per heavy atom. The van der Waals surface area contributed by atoms with E-state index in [1.54, 1.807) is 30.3 Å². The van der Waals surface area contributed by atoms with Crippen LogP contribution in [-0.4, -0.2) is 83.6 Å². The molecule has 3 amide bonds. The highest BCUT2D eigenvalue weighted by Gasteiger charge is 2.38. The number of anilines is 2. The number of carboxylic acid groups (broad SMARTS) is 1. The van der Waals surface area contributed by atoms with Crippen LogP contribution in [0.2, 0.25) is 5.02 Å². The van der Waals surface area contributed by atoms with Gasteiger partial charge in [0.15, 0.2) is 0 Å². The Kier molecular flexibility index (Phi) is 10.0. The fraction of sp³-hybridized carbons (Fsp3) is 0.400. The van der Waals surface area contributed by atoms with Gasteiger partial charge >= 0.3 is 18.2 Å². The number of aliphatic hydroxyl groups is 1. The molecule has 0 spiro atoms. The lowest BCUT2D eigenvalue weighted by Crippen LogP contribution is -2.50. The molecule has 0 aliphatic carbocycles. The molecule has 0 unspecified atom stereocenters. The van der Waals surface area contributed by atoms with Crippen molar-refractivity contribution >= 4 is 40.9 Å². The molecular formula is C25H29ClF3N5O5. The summed E-state index contributed by atoms with van der Waals surface area (Å²) < 4.78 is 31.7. The highest BCUT2D eigenvalue weighted by molar-refractivity contribution is 6.30. The van der Waals surface area contributed by atoms with E-state index in [0.717, 1.165) is 18.5 Å². The number of halogens is 4. The van der Waals surface area contributed by atoms with E-state index in [9.17, 15) is 27.9 Å². The number of aliphatic carboxylic acids is 1. The quantitative estimate of drug-likeness (QED) is 0.370. The first-order valence-electron chi connectivity index (χ1n) is 12.0. The van der Waals surface area contributed by atoms with Crippen molar-refractivity contribution in [2.75, 3.05) is 36.4 Å². The second-order valence-corrected chi connectivity index (χ2v) is 9.56. The van der Waals surface area contributed by atoms with Gasteiger partial charge in [-0.15, -0.1) is 0 Å². The topological polar surface area (TPSA) is 148 Å². The van der Waals surface area contributed by atoms with Gasteiger partial charge in [-0.05, 0) is 49.2 Å². The molecule has 4 rings (SSSR count). The number of nitrogens with one attached hydrogen (secondary N) is 2. The van der Waals surface area contributed by atoms with Crippen molar-refractivity contribution in [1.82, 2.24) is 10.2 Å². The number of likely N-dealkylation sites (tertiary alicyclic amines) is 1. The molecule has 212 valence electrons. The molecule has 2 saturated heterocycles. The Morgan fingerprint density at radius 3 is 2.15 bits per heavy atom. The third-order valence-electron chi connectivity index (χ3n) is 6.36. The van der Waals surface area contributed by atoms with Crippen LogP contribution in [0.25, 0.3) is 0 Å². The summed E-state index contributed by atoms with van der Waals surface area (Å²) in [6.45, 7) is 2.40. The Morgan fingerprint density at radius 1 is 1.00 bits per heavy atom. The van der Waals surface area contributed by atoms with Crippen LogP contribution in [0.4, 0.5) is 29.3 Å². The van der Waals surface area contributed by atoms with Gasteiger partial charge in [0, 0.05) is 42.8 Å². The van der Waals surface area contributed by atoms with E-state index >= 15 is 0 Å². The number of primary amides is 1. The SMILES string of the molecule is NC(=O)Nc1ccccc1N1C[C@H](NC2CCN(C(=O)c3ccc(Cl)cc3)CC2)[C@@H](O)C1.O=C(O)C(F)(F)F. The minimum atomic E-state index is -5.08. The number of nitrogens with zero attached hydrogens (tertiary/aromatic N) is 2. The fourth-order valence-corrected chi connectivity index (χ4v) is 4.59. The number of piperidine rings is 1. The van der Waals surface area contributed by atoms with Gasteiger partial charge in [0.1, 0.15) is 0 Å². The van der Waals surface area contributed by atoms with E-state index in [4.69, 9.17) is 27.2 Å². The lowest BCUT2D eigenvalue weighted by molar-refractivity contribution is -0.192. The number of para-hydroxylation sites is 2. The third-order valence-corrected chi connectivity index (χ3v) is 6.61. The van der Waals surface area contributed by atoms with Crippen molar-refractivity contribution < 1.29 is 37.8 Å². The van der Waals surface area contributed by atoms with Crippen molar-refractivity contribution in [3.63, 3.8) is 0 Å². The molecule has 2 aliphatic heterocycles. The summed E-state index contributed by atoms with van der Waals surface area (Å²) in [5.74, 6) is -2.74. The van der Waals surface area contributed by atoms with Crippen LogP contribution in [0.15, 0.2) is 48.5 Å². The van der Waals surface area contributed by atoms with E-state index in [1.165, 1.54) is 0 Å². The van der Waals surface area contributed by atoms with E-state index < -0.39 is 24.3 Å². The van der Waals surface area contributed by atoms with Crippen LogP contribution in [0.1, 0.15) is 23.2 Å². The Bertz CT molecular complexity index is 1160. The first kappa shape index (κ1) is 30.0. The zero-order chi connectivity index (χ0) is 28.7. The molecule has 14 heteroatoms. The van der Waals surface area contributed by atoms with Crippen LogP contribution in [-0.2, 0) is 4.79 Å². The highest BCUT2D eigenvalue weighted by atomic mass is 35.5. The van der Waals surface area contributed by atoms with Crippen LogP contribution in [0, 0.1) is 0 Å². The highest BCUT2D eigenvalue weighted by Crippen LogP contribution is 2.29. The van der Waals surface area contributed by atoms with Crippen molar-refractivity contribution in [3.8, 4) is 0 Å². The summed E-state index contributed by atoms with van der Waals surface area (Å²) in [4.78, 5) is 36.8. The molecule has 0 bridgehead atoms. The molecule has 2 aliphatic rings. The van der Waals surface area contributed by atoms with Crippen molar-refractivity contribution in [1.29, 1.82) is 0 Å². The van der Waals surface area contributed by atoms with E-state index in [2.05, 4.69) is 10.6 Å². The number of rotatable bonds is 5. The van der Waals surface area contributed by atoms with Crippen molar-refractivity contribution in [2.45, 2.75) is 37.2 Å². The summed E-state index contributed by atoms with van der Waals surface area (Å²) in [5, 5.41) is 24.6. The molecule has 0 saturated carbocycles. The minimum Gasteiger partial charge on any atom is -0.475 e. The van der Waals surface area contributed by atoms with Crippen LogP contribution in [0.3, 0.4) is 0 Å². The van der Waals surface area contributed by atoms with E-state index in [1.807, 2.05) is 28.0 Å². The molecular weight excluding hydrogens is 543 g/mol. The van der Waals surface area contributed by atoms with Gasteiger partial charge in [-0.3, -0.25) is 4.79 Å². The molecule has 0 aromatic heterocycles. The zero-order valence-corrected chi connectivity index (χ0v) is 21.5. The van der Waals surface area contributed by atoms with Crippen LogP contribution in [0.5, 0.6) is 0 Å². The minimum absolute atomic E-state index is 0.0192. The fourth-order valence-electron chi connectivity index (χ4n) is 4.46. The van der Waals surface area contributed by atoms with Crippen LogP contribution >= 0.6 is 11.6 Å². The number of carbonyl (C=O) groups is 3. The maximum atomic E-state index is 12.7. The molecule has 39 heavy (non-hydrogen) atoms. The number of hydrogen-bond acceptors (Lipinski definition) is 6. The van der Waals surface area contributed by atoms with Crippen molar-refractivity contribution in [2.24, 2.45) is 5.73 Å². The average molecular weight is 572 g/mol. The lowest BCUT2D eigenvalue weighted by atomic mass is 10.0. The second kappa shape index (κ2) is 13.0. The number of carboxylic acids is 1. The van der Waals surface area contributed by atoms with Crippen molar-refractivity contribution in [3.05, 3.63) is 59.1 Å². The predicted molar refractivity (Wildman–Crippen MR) is 139 cm³/mol. The van der Waals surface area contributed by atoms with Gasteiger partial charge in [-0.25, -0.2) is 9.59 Å². The Balaban J connectivity index is 0.000000532. The summed E-state index contributed by atoms with van der Waals surface area (Å²) in [6.07, 6.45) is -3.98. The van der Waals surface area contributed by atoms with Gasteiger partial charge in [0.05, 0.1) is 23.5 Å². The number of urea groups is 1. The number of benzene rings is 2. The predicted octanol–water partition coefficient (Wildman–Crippen LogP) is 2.91. The first-order chi connectivity index (χ1) is 18.3. The maximum absolute atomic E-state index is 12.7. The molecule has 10 nitrogen and oxygen atoms in total. The van der Waals surface area contributed by atoms with Gasteiger partial charge in [0.25, 0.3) is 5.91 Å². The maximum Gasteiger partial charge on any atom is 0.490 e. The summed E-state index contributed by atoms with van der Waals surface area (Å²) in [6, 6.07) is 13.9. The molecule has 0 radical (unpaired) electrons. The standard InChI is InChI=1S/C23H28ClN5O3.C2HF3O2/c24-16-7-5-15(6-8-16)22(31)28-11-9-17(10-12-28)26-19-13-29(14-21(19)30)20-4-2-1-3-18(20)27-23(25)32;3-2(4,5)1(6)7/h1-8,17,19,21,26,30H,9-14H2,(H3,25,27,32);(H,6,7)/t19-,21-;/m0./s1. The zero-order valence-electron chi connectivity index (χ0n) is 20.7. The van der Waals surface area contributed by atoms with Gasteiger partial charge in [-0.2, -0.15) is 13.2 Å². The summed E-state index contributed by atoms with van der Waals surface area (Å²) >= 11 is 5.91. The normalized spacial score (nSPS) is 19.7. The number of alkyl halides is 3. The number of amides is 3. The molecule has 2 aromatic carbocycles. The van der Waals surface area contributed by atoms with Gasteiger partial charge in [-0.1, -0.05) is 23.7 Å². The number of aliphatic hydroxyl groups excluding tert-OH is 1. The molecule has 2 aromatic rings. The second-order valence-electron chi connectivity index (χ2n) is 9.13. The third kappa shape index (κ3) is 8.47. The Hall–Kier alpha value is -3.55. The van der Waals surface area contributed by atoms with E-state index in [-0.39, 0.29) is 18.0 Å². The smallest absolute Gasteiger partial charge is 0.475 e. The van der Waals surface area contributed by atoms with Crippen LogP contribution < -0.4 is 21.3 Å².